The van der Waals surface area contributed by atoms with Crippen molar-refractivity contribution in [2.45, 2.75) is 12.7 Å². The molecule has 4 aromatic rings. The van der Waals surface area contributed by atoms with Crippen molar-refractivity contribution in [1.29, 1.82) is 0 Å². The van der Waals surface area contributed by atoms with E-state index in [1.165, 1.54) is 24.5 Å². The van der Waals surface area contributed by atoms with Crippen molar-refractivity contribution in [2.75, 3.05) is 7.11 Å². The van der Waals surface area contributed by atoms with Crippen LogP contribution in [-0.2, 0) is 16.1 Å². The van der Waals surface area contributed by atoms with Crippen LogP contribution >= 0.6 is 11.3 Å². The Morgan fingerprint density at radius 3 is 2.59 bits per heavy atom. The SMILES string of the molecule is COCc1c(C(=O)OC(c2ccccc2)c2ccccn2)sc2cccc(F)c12. The van der Waals surface area contributed by atoms with Crippen LogP contribution in [0.4, 0.5) is 4.39 Å². The summed E-state index contributed by atoms with van der Waals surface area (Å²) in [5, 5.41) is 0.403. The molecule has 0 spiro atoms. The van der Waals surface area contributed by atoms with E-state index < -0.39 is 12.1 Å². The van der Waals surface area contributed by atoms with Crippen molar-refractivity contribution in [3.8, 4) is 0 Å². The molecular weight excluding hydrogens is 389 g/mol. The maximum absolute atomic E-state index is 14.4. The first kappa shape index (κ1) is 19.2. The molecule has 6 heteroatoms. The molecule has 2 heterocycles. The number of halogens is 1. The second kappa shape index (κ2) is 8.51. The number of carbonyl (C=O) groups excluding carboxylic acids is 1. The largest absolute Gasteiger partial charge is 0.447 e. The molecule has 0 aliphatic heterocycles. The summed E-state index contributed by atoms with van der Waals surface area (Å²) in [5.74, 6) is -0.911. The van der Waals surface area contributed by atoms with Gasteiger partial charge in [-0.3, -0.25) is 4.98 Å². The molecule has 0 bridgehead atoms. The highest BCUT2D eigenvalue weighted by molar-refractivity contribution is 7.21. The quantitative estimate of drug-likeness (QED) is 0.395. The maximum Gasteiger partial charge on any atom is 0.349 e. The number of hydrogen-bond donors (Lipinski definition) is 0. The van der Waals surface area contributed by atoms with Crippen LogP contribution in [0.5, 0.6) is 0 Å². The normalized spacial score (nSPS) is 12.1. The lowest BCUT2D eigenvalue weighted by molar-refractivity contribution is 0.0373. The summed E-state index contributed by atoms with van der Waals surface area (Å²) in [7, 11) is 1.51. The summed E-state index contributed by atoms with van der Waals surface area (Å²) < 4.78 is 26.2. The zero-order chi connectivity index (χ0) is 20.2. The van der Waals surface area contributed by atoms with Gasteiger partial charge in [0.05, 0.1) is 12.3 Å². The van der Waals surface area contributed by atoms with Crippen molar-refractivity contribution in [3.63, 3.8) is 0 Å². The number of fused-ring (bicyclic) bond motifs is 1. The number of nitrogens with zero attached hydrogens (tertiary/aromatic N) is 1. The van der Waals surface area contributed by atoms with E-state index in [0.717, 1.165) is 5.56 Å². The summed E-state index contributed by atoms with van der Waals surface area (Å²) in [6, 6.07) is 19.7. The molecule has 4 nitrogen and oxygen atoms in total. The van der Waals surface area contributed by atoms with Crippen LogP contribution < -0.4 is 0 Å². The van der Waals surface area contributed by atoms with Gasteiger partial charge in [-0.2, -0.15) is 0 Å². The second-order valence-electron chi connectivity index (χ2n) is 6.41. The topological polar surface area (TPSA) is 48.4 Å². The lowest BCUT2D eigenvalue weighted by Gasteiger charge is -2.18. The van der Waals surface area contributed by atoms with E-state index in [9.17, 15) is 9.18 Å². The fourth-order valence-corrected chi connectivity index (χ4v) is 4.34. The Balaban J connectivity index is 1.75. The van der Waals surface area contributed by atoms with Crippen LogP contribution in [0.1, 0.15) is 32.6 Å². The Bertz CT molecular complexity index is 1090. The fraction of sp³-hybridized carbons (Fsp3) is 0.130. The predicted molar refractivity (Wildman–Crippen MR) is 110 cm³/mol. The van der Waals surface area contributed by atoms with Gasteiger partial charge >= 0.3 is 5.97 Å². The smallest absolute Gasteiger partial charge is 0.349 e. The summed E-state index contributed by atoms with van der Waals surface area (Å²) in [5.41, 5.74) is 1.93. The number of methoxy groups -OCH3 is 1. The first-order valence-electron chi connectivity index (χ1n) is 9.04. The van der Waals surface area contributed by atoms with Gasteiger partial charge in [0.15, 0.2) is 6.10 Å². The van der Waals surface area contributed by atoms with E-state index >= 15 is 0 Å². The van der Waals surface area contributed by atoms with Gasteiger partial charge in [-0.05, 0) is 29.8 Å². The molecule has 2 aromatic carbocycles. The fourth-order valence-electron chi connectivity index (χ4n) is 3.23. The highest BCUT2D eigenvalue weighted by Crippen LogP contribution is 2.36. The van der Waals surface area contributed by atoms with Crippen LogP contribution in [0.3, 0.4) is 0 Å². The number of carbonyl (C=O) groups is 1. The van der Waals surface area contributed by atoms with E-state index in [0.29, 0.717) is 26.2 Å². The molecule has 0 saturated heterocycles. The number of rotatable bonds is 6. The molecule has 0 radical (unpaired) electrons. The molecule has 4 rings (SSSR count). The highest BCUT2D eigenvalue weighted by Gasteiger charge is 2.26. The number of benzene rings is 2. The van der Waals surface area contributed by atoms with Crippen LogP contribution in [-0.4, -0.2) is 18.1 Å². The van der Waals surface area contributed by atoms with Gasteiger partial charge in [0, 0.05) is 29.0 Å². The van der Waals surface area contributed by atoms with E-state index in [1.807, 2.05) is 42.5 Å². The second-order valence-corrected chi connectivity index (χ2v) is 7.46. The highest BCUT2D eigenvalue weighted by atomic mass is 32.1. The first-order valence-corrected chi connectivity index (χ1v) is 9.86. The number of ether oxygens (including phenoxy) is 2. The summed E-state index contributed by atoms with van der Waals surface area (Å²) in [6.45, 7) is 0.116. The third-order valence-corrected chi connectivity index (χ3v) is 5.70. The minimum atomic E-state index is -0.671. The van der Waals surface area contributed by atoms with Gasteiger partial charge in [-0.25, -0.2) is 9.18 Å². The Labute approximate surface area is 171 Å². The molecule has 0 N–H and O–H groups in total. The summed E-state index contributed by atoms with van der Waals surface area (Å²) in [4.78, 5) is 17.9. The molecule has 2 aromatic heterocycles. The maximum atomic E-state index is 14.4. The van der Waals surface area contributed by atoms with Crippen LogP contribution in [0, 0.1) is 5.82 Å². The lowest BCUT2D eigenvalue weighted by atomic mass is 10.1. The van der Waals surface area contributed by atoms with Crippen molar-refractivity contribution < 1.29 is 18.7 Å². The van der Waals surface area contributed by atoms with Crippen molar-refractivity contribution in [1.82, 2.24) is 4.98 Å². The molecule has 29 heavy (non-hydrogen) atoms. The molecule has 0 saturated carbocycles. The van der Waals surface area contributed by atoms with Gasteiger partial charge in [0.1, 0.15) is 10.7 Å². The number of hydrogen-bond acceptors (Lipinski definition) is 5. The van der Waals surface area contributed by atoms with Crippen molar-refractivity contribution in [2.24, 2.45) is 0 Å². The molecule has 0 fully saturated rings. The van der Waals surface area contributed by atoms with Gasteiger partial charge < -0.3 is 9.47 Å². The average Bonchev–Trinajstić information content (AvgIpc) is 3.13. The zero-order valence-corrected chi connectivity index (χ0v) is 16.5. The molecular formula is C23H18FNO3S. The molecule has 0 aliphatic carbocycles. The minimum Gasteiger partial charge on any atom is -0.447 e. The number of aromatic nitrogens is 1. The van der Waals surface area contributed by atoms with Gasteiger partial charge in [-0.15, -0.1) is 11.3 Å². The van der Waals surface area contributed by atoms with Crippen molar-refractivity contribution >= 4 is 27.4 Å². The molecule has 146 valence electrons. The summed E-state index contributed by atoms with van der Waals surface area (Å²) >= 11 is 1.20. The monoisotopic (exact) mass is 407 g/mol. The van der Waals surface area contributed by atoms with E-state index in [4.69, 9.17) is 9.47 Å². The van der Waals surface area contributed by atoms with Crippen LogP contribution in [0.15, 0.2) is 72.9 Å². The Morgan fingerprint density at radius 2 is 1.86 bits per heavy atom. The Kier molecular flexibility index (Phi) is 5.64. The van der Waals surface area contributed by atoms with Gasteiger partial charge in [-0.1, -0.05) is 42.5 Å². The van der Waals surface area contributed by atoms with E-state index in [1.54, 1.807) is 24.4 Å². The third kappa shape index (κ3) is 3.90. The number of thiophene rings is 1. The lowest BCUT2D eigenvalue weighted by Crippen LogP contribution is -2.14. The van der Waals surface area contributed by atoms with Crippen LogP contribution in [0.2, 0.25) is 0 Å². The van der Waals surface area contributed by atoms with E-state index in [-0.39, 0.29) is 12.4 Å². The standard InChI is InChI=1S/C23H18FNO3S/c1-27-14-16-20-17(24)10-7-12-19(20)29-22(16)23(26)28-21(15-8-3-2-4-9-15)18-11-5-6-13-25-18/h2-13,21H,14H2,1H3. The van der Waals surface area contributed by atoms with Gasteiger partial charge in [0.2, 0.25) is 0 Å². The average molecular weight is 407 g/mol. The predicted octanol–water partition coefficient (Wildman–Crippen LogP) is 5.53. The van der Waals surface area contributed by atoms with Crippen LogP contribution in [0.25, 0.3) is 10.1 Å². The first-order chi connectivity index (χ1) is 14.2. The number of pyridine rings is 1. The van der Waals surface area contributed by atoms with Crippen molar-refractivity contribution in [3.05, 3.63) is 100 Å². The van der Waals surface area contributed by atoms with E-state index in [2.05, 4.69) is 4.98 Å². The molecule has 0 aliphatic rings. The zero-order valence-electron chi connectivity index (χ0n) is 15.7. The Morgan fingerprint density at radius 1 is 1.07 bits per heavy atom. The number of esters is 1. The van der Waals surface area contributed by atoms with Gasteiger partial charge in [0.25, 0.3) is 0 Å². The third-order valence-electron chi connectivity index (χ3n) is 4.52. The summed E-state index contributed by atoms with van der Waals surface area (Å²) in [6.07, 6.45) is 0.986. The Hall–Kier alpha value is -3.09. The minimum absolute atomic E-state index is 0.116. The molecule has 0 amide bonds. The molecule has 1 atom stereocenters. The molecule has 1 unspecified atom stereocenters.